The third-order valence-electron chi connectivity index (χ3n) is 13.6. The summed E-state index contributed by atoms with van der Waals surface area (Å²) in [4.78, 5) is 71.9. The molecule has 0 radical (unpaired) electrons. The van der Waals surface area contributed by atoms with Gasteiger partial charge in [-0.05, 0) is 67.4 Å². The second-order valence-corrected chi connectivity index (χ2v) is 20.0. The first-order chi connectivity index (χ1) is 29.5. The Bertz CT molecular complexity index is 1910. The van der Waals surface area contributed by atoms with Gasteiger partial charge in [0.2, 0.25) is 23.5 Å². The SMILES string of the molecule is Cc1ncsc1-c1ccc(CNC(=O)C2CC(O)CN2C(=O)C(NC(=O)CCOCCNC(=O)OCCC2OC3OC4(C)CCC5C(C)CCC(C2C)C35OO4)C(C)(C)C)cc1. The number of β-amino-alcohol motifs (C(OH)–C–C–N with tert-alkyl or cyclic N) is 1. The van der Waals surface area contributed by atoms with E-state index in [-0.39, 0.29) is 82.1 Å². The molecule has 2 aromatic rings. The molecule has 5 saturated heterocycles. The number of likely N-dealkylation sites (tertiary alicyclic amines) is 1. The van der Waals surface area contributed by atoms with Crippen molar-refractivity contribution in [3.63, 3.8) is 0 Å². The van der Waals surface area contributed by atoms with Crippen LogP contribution in [-0.2, 0) is 49.7 Å². The number of rotatable bonds is 15. The third-order valence-corrected chi connectivity index (χ3v) is 14.6. The zero-order valence-electron chi connectivity index (χ0n) is 37.1. The topological polar surface area (TPSA) is 196 Å². The van der Waals surface area contributed by atoms with Crippen LogP contribution in [-0.4, -0.2) is 114 Å². The summed E-state index contributed by atoms with van der Waals surface area (Å²) in [6.07, 6.45) is 2.24. The lowest BCUT2D eigenvalue weighted by Gasteiger charge is -2.60. The predicted octanol–water partition coefficient (Wildman–Crippen LogP) is 5.00. The number of ether oxygens (including phenoxy) is 4. The highest BCUT2D eigenvalue weighted by Gasteiger charge is 2.69. The van der Waals surface area contributed by atoms with Crippen LogP contribution in [0.5, 0.6) is 0 Å². The molecule has 5 aliphatic heterocycles. The van der Waals surface area contributed by atoms with Crippen molar-refractivity contribution >= 4 is 35.2 Å². The van der Waals surface area contributed by atoms with Gasteiger partial charge in [-0.1, -0.05) is 58.9 Å². The molecule has 16 nitrogen and oxygen atoms in total. The van der Waals surface area contributed by atoms with Crippen LogP contribution in [0.25, 0.3) is 10.4 Å². The summed E-state index contributed by atoms with van der Waals surface area (Å²) in [7, 11) is 0. The number of hydrogen-bond donors (Lipinski definition) is 4. The number of aliphatic hydroxyl groups excluding tert-OH is 1. The molecule has 2 bridgehead atoms. The van der Waals surface area contributed by atoms with Crippen molar-refractivity contribution in [1.29, 1.82) is 0 Å². The number of fused-ring (bicyclic) bond motifs is 2. The number of carbonyl (C=O) groups is 4. The second-order valence-electron chi connectivity index (χ2n) is 19.1. The Morgan fingerprint density at radius 2 is 1.81 bits per heavy atom. The molecule has 1 aromatic carbocycles. The largest absolute Gasteiger partial charge is 0.449 e. The summed E-state index contributed by atoms with van der Waals surface area (Å²) < 4.78 is 24.1. The minimum atomic E-state index is -0.957. The maximum absolute atomic E-state index is 14.0. The first-order valence-corrected chi connectivity index (χ1v) is 23.1. The molecule has 4 amide bonds. The molecular formula is C45H65N5O11S. The first kappa shape index (κ1) is 46.3. The number of nitrogens with zero attached hydrogens (tertiary/aromatic N) is 2. The Balaban J connectivity index is 0.805. The van der Waals surface area contributed by atoms with Crippen LogP contribution in [0.4, 0.5) is 4.79 Å². The fourth-order valence-electron chi connectivity index (χ4n) is 10.1. The first-order valence-electron chi connectivity index (χ1n) is 22.2. The number of hydrogen-bond acceptors (Lipinski definition) is 13. The van der Waals surface area contributed by atoms with Gasteiger partial charge in [0, 0.05) is 51.2 Å². The van der Waals surface area contributed by atoms with Crippen LogP contribution < -0.4 is 16.0 Å². The minimum Gasteiger partial charge on any atom is -0.449 e. The molecule has 4 N–H and O–H groups in total. The minimum absolute atomic E-state index is 0.0185. The predicted molar refractivity (Wildman–Crippen MR) is 228 cm³/mol. The third kappa shape index (κ3) is 9.98. The summed E-state index contributed by atoms with van der Waals surface area (Å²) in [5.41, 5.74) is 3.38. The number of alkyl carbamates (subject to hydrolysis) is 1. The van der Waals surface area contributed by atoms with E-state index in [9.17, 15) is 24.3 Å². The molecule has 1 aliphatic carbocycles. The van der Waals surface area contributed by atoms with Crippen LogP contribution in [0.15, 0.2) is 29.8 Å². The molecule has 11 atom stereocenters. The van der Waals surface area contributed by atoms with Crippen molar-refractivity contribution in [3.8, 4) is 10.4 Å². The van der Waals surface area contributed by atoms with Crippen LogP contribution in [0.1, 0.15) is 97.7 Å². The summed E-state index contributed by atoms with van der Waals surface area (Å²) in [5, 5.41) is 19.0. The van der Waals surface area contributed by atoms with E-state index in [0.717, 1.165) is 47.4 Å². The lowest BCUT2D eigenvalue weighted by Crippen LogP contribution is -2.70. The highest BCUT2D eigenvalue weighted by atomic mass is 32.1. The highest BCUT2D eigenvalue weighted by molar-refractivity contribution is 7.13. The van der Waals surface area contributed by atoms with Gasteiger partial charge in [0.1, 0.15) is 12.1 Å². The number of nitrogens with one attached hydrogen (secondary N) is 3. The number of thiazole rings is 1. The van der Waals surface area contributed by atoms with E-state index in [2.05, 4.69) is 34.8 Å². The number of benzene rings is 1. The van der Waals surface area contributed by atoms with Crippen molar-refractivity contribution in [3.05, 3.63) is 41.0 Å². The quantitative estimate of drug-likeness (QED) is 0.138. The fourth-order valence-corrected chi connectivity index (χ4v) is 10.9. The standard InChI is InChI=1S/C45H65N5O11S/c1-26-8-13-33-27(2)35(58-41-45(33)32(26)14-17-44(7,59-41)60-61-45)15-20-57-42(55)46-18-21-56-19-16-36(52)49-38(43(4,5)6)40(54)50-24-31(51)22-34(50)39(53)47-23-29-9-11-30(12-10-29)37-28(3)48-25-62-37/h9-12,25-27,31-35,38,41,51H,8,13-24H2,1-7H3,(H,46,55)(H,47,53)(H,49,52). The van der Waals surface area contributed by atoms with Gasteiger partial charge in [0.15, 0.2) is 11.9 Å². The number of aromatic nitrogens is 1. The van der Waals surface area contributed by atoms with Crippen molar-refractivity contribution in [1.82, 2.24) is 25.8 Å². The monoisotopic (exact) mass is 883 g/mol. The van der Waals surface area contributed by atoms with E-state index >= 15 is 0 Å². The van der Waals surface area contributed by atoms with Gasteiger partial charge in [-0.25, -0.2) is 19.6 Å². The van der Waals surface area contributed by atoms with Gasteiger partial charge in [-0.15, -0.1) is 11.3 Å². The average molecular weight is 884 g/mol. The number of aryl methyl sites for hydroxylation is 1. The number of carbonyl (C=O) groups excluding carboxylic acids is 4. The molecule has 6 heterocycles. The van der Waals surface area contributed by atoms with Crippen LogP contribution in [0.2, 0.25) is 0 Å². The second kappa shape index (κ2) is 19.2. The number of amides is 4. The zero-order valence-corrected chi connectivity index (χ0v) is 37.9. The Labute approximate surface area is 368 Å². The van der Waals surface area contributed by atoms with Crippen molar-refractivity contribution in [2.45, 2.75) is 142 Å². The van der Waals surface area contributed by atoms with Crippen molar-refractivity contribution in [2.24, 2.45) is 29.1 Å². The molecule has 342 valence electrons. The van der Waals surface area contributed by atoms with Gasteiger partial charge >= 0.3 is 6.09 Å². The number of aliphatic hydroxyl groups is 1. The molecule has 6 fully saturated rings. The summed E-state index contributed by atoms with van der Waals surface area (Å²) in [5.74, 6) is -0.942. The molecule has 1 spiro atoms. The molecule has 1 aromatic heterocycles. The molecule has 1 saturated carbocycles. The summed E-state index contributed by atoms with van der Waals surface area (Å²) in [6.45, 7) is 14.6. The maximum Gasteiger partial charge on any atom is 0.407 e. The van der Waals surface area contributed by atoms with Gasteiger partial charge in [-0.2, -0.15) is 0 Å². The van der Waals surface area contributed by atoms with E-state index in [4.69, 9.17) is 28.7 Å². The Kier molecular flexibility index (Phi) is 14.3. The molecule has 11 unspecified atom stereocenters. The average Bonchev–Trinajstić information content (AvgIpc) is 3.77. The van der Waals surface area contributed by atoms with Gasteiger partial charge in [-0.3, -0.25) is 14.4 Å². The maximum atomic E-state index is 14.0. The molecular weight excluding hydrogens is 819 g/mol. The van der Waals surface area contributed by atoms with E-state index < -0.39 is 59.2 Å². The zero-order chi connectivity index (χ0) is 44.4. The highest BCUT2D eigenvalue weighted by Crippen LogP contribution is 2.60. The van der Waals surface area contributed by atoms with E-state index in [0.29, 0.717) is 12.3 Å². The van der Waals surface area contributed by atoms with Crippen molar-refractivity contribution < 1.29 is 53.0 Å². The summed E-state index contributed by atoms with van der Waals surface area (Å²) in [6, 6.07) is 6.02. The van der Waals surface area contributed by atoms with Crippen LogP contribution >= 0.6 is 11.3 Å². The Morgan fingerprint density at radius 3 is 2.53 bits per heavy atom. The van der Waals surface area contributed by atoms with Crippen LogP contribution in [0.3, 0.4) is 0 Å². The Hall–Kier alpha value is -3.71. The molecule has 6 aliphatic rings. The van der Waals surface area contributed by atoms with E-state index in [1.165, 1.54) is 4.90 Å². The van der Waals surface area contributed by atoms with E-state index in [1.807, 2.05) is 64.4 Å². The van der Waals surface area contributed by atoms with Gasteiger partial charge in [0.25, 0.3) is 0 Å². The smallest absolute Gasteiger partial charge is 0.407 e. The van der Waals surface area contributed by atoms with Gasteiger partial charge < -0.3 is 44.9 Å². The fraction of sp³-hybridized carbons (Fsp3) is 0.711. The summed E-state index contributed by atoms with van der Waals surface area (Å²) >= 11 is 1.57. The lowest BCUT2D eigenvalue weighted by molar-refractivity contribution is -0.571. The van der Waals surface area contributed by atoms with Crippen molar-refractivity contribution in [2.75, 3.05) is 32.9 Å². The Morgan fingerprint density at radius 1 is 1.03 bits per heavy atom. The lowest BCUT2D eigenvalue weighted by atomic mass is 9.57. The molecule has 8 rings (SSSR count). The molecule has 17 heteroatoms. The normalized spacial score (nSPS) is 32.0. The molecule has 62 heavy (non-hydrogen) atoms. The van der Waals surface area contributed by atoms with E-state index in [1.54, 1.807) is 11.3 Å². The van der Waals surface area contributed by atoms with Crippen LogP contribution in [0, 0.1) is 36.0 Å². The van der Waals surface area contributed by atoms with Gasteiger partial charge in [0.05, 0.1) is 48.1 Å².